The van der Waals surface area contributed by atoms with Crippen LogP contribution in [0.2, 0.25) is 5.02 Å². The number of imidazole rings is 1. The Hall–Kier alpha value is -3.03. The van der Waals surface area contributed by atoms with Crippen LogP contribution >= 0.6 is 11.6 Å². The molecule has 0 saturated carbocycles. The largest absolute Gasteiger partial charge is 0.454 e. The molecule has 1 fully saturated rings. The van der Waals surface area contributed by atoms with Gasteiger partial charge in [-0.05, 0) is 36.4 Å². The smallest absolute Gasteiger partial charge is 0.261 e. The Morgan fingerprint density at radius 1 is 1.13 bits per heavy atom. The van der Waals surface area contributed by atoms with Gasteiger partial charge >= 0.3 is 0 Å². The number of ether oxygens (including phenoxy) is 1. The number of allylic oxidation sites excluding steroid dienone is 1. The van der Waals surface area contributed by atoms with Gasteiger partial charge in [0.1, 0.15) is 12.1 Å². The van der Waals surface area contributed by atoms with E-state index in [1.165, 1.54) is 0 Å². The average molecular weight is 438 g/mol. The van der Waals surface area contributed by atoms with Crippen LogP contribution in [0.5, 0.6) is 0 Å². The van der Waals surface area contributed by atoms with Gasteiger partial charge in [0.25, 0.3) is 6.35 Å². The number of carbonyl (C=O) groups is 1. The minimum absolute atomic E-state index is 0.167. The number of anilines is 1. The molecule has 5 rings (SSSR count). The van der Waals surface area contributed by atoms with E-state index >= 15 is 0 Å². The van der Waals surface area contributed by atoms with E-state index in [9.17, 15) is 4.79 Å². The molecule has 3 aromatic rings. The second-order valence-corrected chi connectivity index (χ2v) is 8.13. The van der Waals surface area contributed by atoms with Crippen LogP contribution in [0.1, 0.15) is 19.2 Å². The second kappa shape index (κ2) is 8.61. The number of fused-ring (bicyclic) bond motifs is 1. The molecule has 2 aromatic carbocycles. The number of rotatable bonds is 5. The van der Waals surface area contributed by atoms with E-state index in [1.807, 2.05) is 64.2 Å². The number of nitrogens with one attached hydrogen (secondary N) is 1. The third kappa shape index (κ3) is 4.11. The summed E-state index contributed by atoms with van der Waals surface area (Å²) in [5, 5.41) is 3.96. The van der Waals surface area contributed by atoms with Crippen LogP contribution in [-0.2, 0) is 9.53 Å². The van der Waals surface area contributed by atoms with Crippen molar-refractivity contribution in [2.45, 2.75) is 19.2 Å². The van der Waals surface area contributed by atoms with Crippen molar-refractivity contribution < 1.29 is 9.53 Å². The number of hydrogen-bond acceptors (Lipinski definition) is 5. The Morgan fingerprint density at radius 3 is 2.71 bits per heavy atom. The molecule has 0 bridgehead atoms. The van der Waals surface area contributed by atoms with Crippen molar-refractivity contribution in [2.24, 2.45) is 0 Å². The summed E-state index contributed by atoms with van der Waals surface area (Å²) in [5.74, 6) is 0.946. The van der Waals surface area contributed by atoms with Crippen LogP contribution in [-0.4, -0.2) is 46.5 Å². The summed E-state index contributed by atoms with van der Waals surface area (Å²) < 4.78 is 8.35. The third-order valence-corrected chi connectivity index (χ3v) is 5.93. The molecule has 0 spiro atoms. The van der Waals surface area contributed by atoms with Crippen LogP contribution in [0.15, 0.2) is 66.8 Å². The van der Waals surface area contributed by atoms with Crippen molar-refractivity contribution in [1.82, 2.24) is 19.8 Å². The van der Waals surface area contributed by atoms with E-state index < -0.39 is 6.35 Å². The molecular weight excluding hydrogens is 414 g/mol. The van der Waals surface area contributed by atoms with E-state index in [0.29, 0.717) is 17.9 Å². The highest BCUT2D eigenvalue weighted by molar-refractivity contribution is 6.30. The van der Waals surface area contributed by atoms with Crippen LogP contribution in [0.3, 0.4) is 0 Å². The predicted octanol–water partition coefficient (Wildman–Crippen LogP) is 3.74. The highest BCUT2D eigenvalue weighted by Gasteiger charge is 2.30. The van der Waals surface area contributed by atoms with Gasteiger partial charge in [0, 0.05) is 55.9 Å². The lowest BCUT2D eigenvalue weighted by Gasteiger charge is -2.27. The zero-order chi connectivity index (χ0) is 21.2. The van der Waals surface area contributed by atoms with Gasteiger partial charge in [0.05, 0.1) is 11.0 Å². The highest BCUT2D eigenvalue weighted by Crippen LogP contribution is 2.36. The topological polar surface area (TPSA) is 62.6 Å². The van der Waals surface area contributed by atoms with E-state index in [4.69, 9.17) is 16.3 Å². The predicted molar refractivity (Wildman–Crippen MR) is 121 cm³/mol. The maximum Gasteiger partial charge on any atom is 0.261 e. The molecule has 31 heavy (non-hydrogen) atoms. The highest BCUT2D eigenvalue weighted by atomic mass is 35.5. The molecule has 8 heteroatoms. The molecule has 2 aliphatic heterocycles. The van der Waals surface area contributed by atoms with Crippen molar-refractivity contribution >= 4 is 34.2 Å². The lowest BCUT2D eigenvalue weighted by Crippen LogP contribution is -2.46. The van der Waals surface area contributed by atoms with Crippen molar-refractivity contribution in [3.05, 3.63) is 71.8 Å². The first-order valence-corrected chi connectivity index (χ1v) is 10.9. The molecule has 2 aliphatic rings. The van der Waals surface area contributed by atoms with Crippen molar-refractivity contribution in [3.8, 4) is 0 Å². The fourth-order valence-corrected chi connectivity index (χ4v) is 4.15. The van der Waals surface area contributed by atoms with Crippen molar-refractivity contribution in [1.29, 1.82) is 0 Å². The molecular formula is C23H24ClN5O2. The molecule has 1 amide bonds. The Kier molecular flexibility index (Phi) is 5.53. The van der Waals surface area contributed by atoms with Crippen LogP contribution in [0.4, 0.5) is 5.69 Å². The zero-order valence-electron chi connectivity index (χ0n) is 17.1. The standard InChI is InChI=1S/C23H24ClN5O2/c24-17-5-7-18(8-6-17)28-15-19(9-10-22(30)27-13-11-25-12-14-27)31-23(28)29-16-26-20-3-1-2-4-21(20)29/h1-8,15-16,23,25H,9-14H2. The van der Waals surface area contributed by atoms with E-state index in [1.54, 1.807) is 6.33 Å². The number of halogens is 1. The quantitative estimate of drug-likeness (QED) is 0.658. The summed E-state index contributed by atoms with van der Waals surface area (Å²) >= 11 is 6.09. The van der Waals surface area contributed by atoms with Crippen LogP contribution in [0, 0.1) is 0 Å². The minimum Gasteiger partial charge on any atom is -0.454 e. The number of aromatic nitrogens is 2. The van der Waals surface area contributed by atoms with Crippen LogP contribution < -0.4 is 10.2 Å². The first kappa shape index (κ1) is 19.9. The normalized spacial score (nSPS) is 18.9. The maximum atomic E-state index is 12.6. The Morgan fingerprint density at radius 2 is 1.90 bits per heavy atom. The van der Waals surface area contributed by atoms with Gasteiger partial charge in [-0.3, -0.25) is 14.3 Å². The number of hydrogen-bond donors (Lipinski definition) is 1. The molecule has 0 radical (unpaired) electrons. The lowest BCUT2D eigenvalue weighted by atomic mass is 10.2. The zero-order valence-corrected chi connectivity index (χ0v) is 17.8. The van der Waals surface area contributed by atoms with E-state index in [-0.39, 0.29) is 5.91 Å². The molecule has 7 nitrogen and oxygen atoms in total. The fraction of sp³-hybridized carbons (Fsp3) is 0.304. The van der Waals surface area contributed by atoms with Crippen LogP contribution in [0.25, 0.3) is 11.0 Å². The first-order chi connectivity index (χ1) is 15.2. The number of carbonyl (C=O) groups excluding carboxylic acids is 1. The van der Waals surface area contributed by atoms with Crippen molar-refractivity contribution in [2.75, 3.05) is 31.1 Å². The van der Waals surface area contributed by atoms with E-state index in [2.05, 4.69) is 15.2 Å². The summed E-state index contributed by atoms with van der Waals surface area (Å²) in [6, 6.07) is 15.6. The SMILES string of the molecule is O=C(CCC1=CN(c2ccc(Cl)cc2)C(n2cnc3ccccc32)O1)N1CCNCC1. The monoisotopic (exact) mass is 437 g/mol. The third-order valence-electron chi connectivity index (χ3n) is 5.68. The second-order valence-electron chi connectivity index (χ2n) is 7.69. The van der Waals surface area contributed by atoms with Gasteiger partial charge < -0.3 is 15.0 Å². The van der Waals surface area contributed by atoms with E-state index in [0.717, 1.165) is 48.7 Å². The number of piperazine rings is 1. The molecule has 1 unspecified atom stereocenters. The van der Waals surface area contributed by atoms with Gasteiger partial charge in [-0.1, -0.05) is 23.7 Å². The van der Waals surface area contributed by atoms with Gasteiger partial charge in [-0.15, -0.1) is 0 Å². The molecule has 3 heterocycles. The lowest BCUT2D eigenvalue weighted by molar-refractivity contribution is -0.131. The Balaban J connectivity index is 1.39. The maximum absolute atomic E-state index is 12.6. The molecule has 160 valence electrons. The van der Waals surface area contributed by atoms with Gasteiger partial charge in [-0.2, -0.15) is 0 Å². The molecule has 0 aliphatic carbocycles. The molecule has 1 aromatic heterocycles. The molecule has 1 N–H and O–H groups in total. The molecule has 1 saturated heterocycles. The van der Waals surface area contributed by atoms with Gasteiger partial charge in [0.2, 0.25) is 5.91 Å². The minimum atomic E-state index is -0.419. The summed E-state index contributed by atoms with van der Waals surface area (Å²) in [4.78, 5) is 21.1. The Labute approximate surface area is 185 Å². The summed E-state index contributed by atoms with van der Waals surface area (Å²) in [7, 11) is 0. The first-order valence-electron chi connectivity index (χ1n) is 10.5. The van der Waals surface area contributed by atoms with Gasteiger partial charge in [0.15, 0.2) is 0 Å². The van der Waals surface area contributed by atoms with Crippen molar-refractivity contribution in [3.63, 3.8) is 0 Å². The average Bonchev–Trinajstić information content (AvgIpc) is 3.42. The summed E-state index contributed by atoms with van der Waals surface area (Å²) in [6.07, 6.45) is 4.33. The summed E-state index contributed by atoms with van der Waals surface area (Å²) in [5.41, 5.74) is 2.85. The molecule has 1 atom stereocenters. The number of nitrogens with zero attached hydrogens (tertiary/aromatic N) is 4. The fourth-order valence-electron chi connectivity index (χ4n) is 4.03. The number of amides is 1. The number of para-hydroxylation sites is 2. The number of benzene rings is 2. The van der Waals surface area contributed by atoms with Gasteiger partial charge in [-0.25, -0.2) is 4.98 Å². The Bertz CT molecular complexity index is 1100. The summed E-state index contributed by atoms with van der Waals surface area (Å²) in [6.45, 7) is 3.23.